The summed E-state index contributed by atoms with van der Waals surface area (Å²) in [7, 11) is 1.38. The number of H-pyrrole nitrogens is 1. The van der Waals surface area contributed by atoms with Gasteiger partial charge in [-0.25, -0.2) is 9.97 Å². The summed E-state index contributed by atoms with van der Waals surface area (Å²) in [5, 5.41) is 14.8. The maximum atomic E-state index is 13.7. The Morgan fingerprint density at radius 1 is 1.15 bits per heavy atom. The maximum Gasteiger partial charge on any atom is 0.472 e. The molecule has 0 fully saturated rings. The van der Waals surface area contributed by atoms with Crippen LogP contribution in [0.4, 0.5) is 24.5 Å². The number of nitrogens with zero attached hydrogens (tertiary/aromatic N) is 6. The van der Waals surface area contributed by atoms with E-state index in [1.807, 2.05) is 6.07 Å². The first kappa shape index (κ1) is 25.5. The second-order valence-electron chi connectivity index (χ2n) is 8.48. The van der Waals surface area contributed by atoms with Crippen molar-refractivity contribution in [1.29, 1.82) is 5.26 Å². The molecule has 1 atom stereocenters. The normalized spacial score (nSPS) is 12.2. The number of amides is 1. The number of fused-ring (bicyclic) bond motifs is 1. The van der Waals surface area contributed by atoms with Crippen LogP contribution in [0, 0.1) is 11.3 Å². The first-order chi connectivity index (χ1) is 18.8. The van der Waals surface area contributed by atoms with E-state index in [1.165, 1.54) is 49.8 Å². The molecule has 2 aromatic carbocycles. The van der Waals surface area contributed by atoms with Gasteiger partial charge in [-0.2, -0.15) is 23.5 Å². The number of benzene rings is 2. The number of halogens is 3. The Balaban J connectivity index is 1.56. The third-order valence-electron chi connectivity index (χ3n) is 6.10. The van der Waals surface area contributed by atoms with Crippen LogP contribution in [-0.2, 0) is 4.79 Å². The predicted molar refractivity (Wildman–Crippen MR) is 136 cm³/mol. The summed E-state index contributed by atoms with van der Waals surface area (Å²) in [5.41, 5.74) is 2.40. The van der Waals surface area contributed by atoms with E-state index in [4.69, 9.17) is 4.74 Å². The van der Waals surface area contributed by atoms with Gasteiger partial charge >= 0.3 is 12.1 Å². The van der Waals surface area contributed by atoms with Crippen molar-refractivity contribution in [3.05, 3.63) is 85.1 Å². The SMILES string of the molecule is COc1cccc(N(C(=O)C(F)(F)F)c2cccc(C(CC#N)n3cc(-c4ncnc5[nH]ccc45)cn3)c2)c1. The number of hydrogen-bond donors (Lipinski definition) is 1. The number of aromatic amines is 1. The summed E-state index contributed by atoms with van der Waals surface area (Å²) < 4.78 is 47.7. The third-order valence-corrected chi connectivity index (χ3v) is 6.10. The second-order valence-corrected chi connectivity index (χ2v) is 8.48. The van der Waals surface area contributed by atoms with Gasteiger partial charge in [0.25, 0.3) is 0 Å². The lowest BCUT2D eigenvalue weighted by Gasteiger charge is -2.26. The van der Waals surface area contributed by atoms with E-state index in [-0.39, 0.29) is 23.5 Å². The number of nitriles is 1. The number of alkyl halides is 3. The summed E-state index contributed by atoms with van der Waals surface area (Å²) in [6.07, 6.45) is 1.31. The predicted octanol–water partition coefficient (Wildman–Crippen LogP) is 5.56. The monoisotopic (exact) mass is 531 g/mol. The number of anilines is 2. The van der Waals surface area contributed by atoms with Crippen LogP contribution >= 0.6 is 0 Å². The number of methoxy groups -OCH3 is 1. The minimum absolute atomic E-state index is 0.0219. The molecule has 5 rings (SSSR count). The molecule has 196 valence electrons. The smallest absolute Gasteiger partial charge is 0.472 e. The van der Waals surface area contributed by atoms with Gasteiger partial charge < -0.3 is 9.72 Å². The summed E-state index contributed by atoms with van der Waals surface area (Å²) in [6.45, 7) is 0. The fourth-order valence-corrected chi connectivity index (χ4v) is 4.31. The average Bonchev–Trinajstić information content (AvgIpc) is 3.62. The fourth-order valence-electron chi connectivity index (χ4n) is 4.31. The van der Waals surface area contributed by atoms with Crippen molar-refractivity contribution in [3.63, 3.8) is 0 Å². The second kappa shape index (κ2) is 10.3. The van der Waals surface area contributed by atoms with E-state index < -0.39 is 18.1 Å². The number of rotatable bonds is 7. The maximum absolute atomic E-state index is 13.7. The molecule has 3 heterocycles. The molecule has 0 aliphatic carbocycles. The van der Waals surface area contributed by atoms with Gasteiger partial charge in [0.1, 0.15) is 17.7 Å². The number of carbonyl (C=O) groups is 1. The van der Waals surface area contributed by atoms with Crippen LogP contribution in [0.1, 0.15) is 18.0 Å². The average molecular weight is 531 g/mol. The van der Waals surface area contributed by atoms with Crippen LogP contribution in [0.25, 0.3) is 22.3 Å². The van der Waals surface area contributed by atoms with Gasteiger partial charge in [0.2, 0.25) is 0 Å². The van der Waals surface area contributed by atoms with Crippen LogP contribution in [-0.4, -0.2) is 43.9 Å². The summed E-state index contributed by atoms with van der Waals surface area (Å²) in [6, 6.07) is 15.1. The molecule has 39 heavy (non-hydrogen) atoms. The van der Waals surface area contributed by atoms with Gasteiger partial charge in [-0.05, 0) is 35.9 Å². The third kappa shape index (κ3) is 5.02. The molecule has 0 bridgehead atoms. The van der Waals surface area contributed by atoms with Crippen molar-refractivity contribution < 1.29 is 22.7 Å². The minimum Gasteiger partial charge on any atom is -0.497 e. The zero-order valence-electron chi connectivity index (χ0n) is 20.4. The van der Waals surface area contributed by atoms with E-state index in [2.05, 4.69) is 26.1 Å². The Kier molecular flexibility index (Phi) is 6.72. The van der Waals surface area contributed by atoms with E-state index in [0.717, 1.165) is 5.39 Å². The minimum atomic E-state index is -5.14. The molecule has 1 amide bonds. The molecule has 0 aliphatic heterocycles. The quantitative estimate of drug-likeness (QED) is 0.294. The van der Waals surface area contributed by atoms with Crippen LogP contribution < -0.4 is 9.64 Å². The summed E-state index contributed by atoms with van der Waals surface area (Å²) >= 11 is 0. The highest BCUT2D eigenvalue weighted by Crippen LogP contribution is 2.35. The van der Waals surface area contributed by atoms with Gasteiger partial charge in [-0.3, -0.25) is 14.4 Å². The Labute approximate surface area is 220 Å². The number of ether oxygens (including phenoxy) is 1. The molecule has 1 unspecified atom stereocenters. The van der Waals surface area contributed by atoms with Crippen LogP contribution in [0.5, 0.6) is 5.75 Å². The molecule has 0 radical (unpaired) electrons. The van der Waals surface area contributed by atoms with Crippen molar-refractivity contribution >= 4 is 28.3 Å². The Bertz CT molecular complexity index is 1690. The Hall–Kier alpha value is -5.18. The zero-order chi connectivity index (χ0) is 27.6. The van der Waals surface area contributed by atoms with Gasteiger partial charge in [-0.1, -0.05) is 18.2 Å². The van der Waals surface area contributed by atoms with Crippen LogP contribution in [0.15, 0.2) is 79.5 Å². The van der Waals surface area contributed by atoms with Crippen molar-refractivity contribution in [1.82, 2.24) is 24.7 Å². The zero-order valence-corrected chi connectivity index (χ0v) is 20.4. The molecular formula is C27H20F3N7O2. The molecule has 5 aromatic rings. The lowest BCUT2D eigenvalue weighted by molar-refractivity contribution is -0.169. The fraction of sp³-hybridized carbons (Fsp3) is 0.148. The van der Waals surface area contributed by atoms with E-state index in [1.54, 1.807) is 35.4 Å². The molecule has 0 spiro atoms. The van der Waals surface area contributed by atoms with Gasteiger partial charge in [0.05, 0.1) is 43.2 Å². The molecular weight excluding hydrogens is 511 g/mol. The number of carbonyl (C=O) groups excluding carboxylic acids is 1. The largest absolute Gasteiger partial charge is 0.497 e. The van der Waals surface area contributed by atoms with Crippen LogP contribution in [0.2, 0.25) is 0 Å². The number of nitrogens with one attached hydrogen (secondary N) is 1. The van der Waals surface area contributed by atoms with E-state index in [9.17, 15) is 23.2 Å². The van der Waals surface area contributed by atoms with Crippen molar-refractivity contribution in [2.45, 2.75) is 18.6 Å². The standard InChI is InChI=1S/C27H20F3N7O2/c1-39-21-7-3-6-20(13-21)37(26(38)27(28,29)30)19-5-2-4-17(12-19)23(8-10-31)36-15-18(14-35-36)24-22-9-11-32-25(22)34-16-33-24/h2-7,9,11-16,23H,8H2,1H3,(H,32,33,34). The molecule has 1 N–H and O–H groups in total. The van der Waals surface area contributed by atoms with E-state index >= 15 is 0 Å². The topological polar surface area (TPSA) is 113 Å². The van der Waals surface area contributed by atoms with E-state index in [0.29, 0.717) is 27.4 Å². The highest BCUT2D eigenvalue weighted by atomic mass is 19.4. The molecule has 0 saturated carbocycles. The Morgan fingerprint density at radius 2 is 1.92 bits per heavy atom. The van der Waals surface area contributed by atoms with Crippen LogP contribution in [0.3, 0.4) is 0 Å². The Morgan fingerprint density at radius 3 is 2.67 bits per heavy atom. The first-order valence-electron chi connectivity index (χ1n) is 11.6. The summed E-state index contributed by atoms with van der Waals surface area (Å²) in [4.78, 5) is 24.7. The van der Waals surface area contributed by atoms with Gasteiger partial charge in [0, 0.05) is 35.1 Å². The summed E-state index contributed by atoms with van der Waals surface area (Å²) in [5.74, 6) is -1.78. The molecule has 9 nitrogen and oxygen atoms in total. The molecule has 0 aliphatic rings. The lowest BCUT2D eigenvalue weighted by atomic mass is 10.0. The highest BCUT2D eigenvalue weighted by molar-refractivity contribution is 6.03. The highest BCUT2D eigenvalue weighted by Gasteiger charge is 2.44. The lowest BCUT2D eigenvalue weighted by Crippen LogP contribution is -2.38. The van der Waals surface area contributed by atoms with Crippen molar-refractivity contribution in [2.75, 3.05) is 12.0 Å². The number of hydrogen-bond acceptors (Lipinski definition) is 6. The first-order valence-corrected chi connectivity index (χ1v) is 11.6. The number of aromatic nitrogens is 5. The van der Waals surface area contributed by atoms with Crippen molar-refractivity contribution in [3.8, 4) is 23.1 Å². The van der Waals surface area contributed by atoms with Gasteiger partial charge in [-0.15, -0.1) is 0 Å². The van der Waals surface area contributed by atoms with Gasteiger partial charge in [0.15, 0.2) is 0 Å². The molecule has 0 saturated heterocycles. The van der Waals surface area contributed by atoms with Crippen molar-refractivity contribution in [2.24, 2.45) is 0 Å². The molecule has 12 heteroatoms. The molecule has 3 aromatic heterocycles.